The van der Waals surface area contributed by atoms with Gasteiger partial charge in [0.25, 0.3) is 0 Å². The monoisotopic (exact) mass is 196 g/mol. The Morgan fingerprint density at radius 1 is 0.800 bits per heavy atom. The van der Waals surface area contributed by atoms with Crippen LogP contribution < -0.4 is 0 Å². The van der Waals surface area contributed by atoms with E-state index in [-0.39, 0.29) is 16.1 Å². The van der Waals surface area contributed by atoms with Gasteiger partial charge in [-0.15, -0.1) is 0 Å². The molecule has 0 aromatic heterocycles. The van der Waals surface area contributed by atoms with E-state index < -0.39 is 0 Å². The van der Waals surface area contributed by atoms with E-state index in [0.717, 1.165) is 0 Å². The van der Waals surface area contributed by atoms with Crippen LogP contribution in [0.15, 0.2) is 47.6 Å². The van der Waals surface area contributed by atoms with Crippen molar-refractivity contribution in [3.05, 3.63) is 47.6 Å². The molecule has 10 heavy (non-hydrogen) atoms. The summed E-state index contributed by atoms with van der Waals surface area (Å²) in [6.07, 6.45) is 13.6. The molecule has 0 saturated carbocycles. The van der Waals surface area contributed by atoms with Gasteiger partial charge in [0.05, 0.1) is 0 Å². The van der Waals surface area contributed by atoms with E-state index in [1.807, 2.05) is 36.5 Å². The summed E-state index contributed by atoms with van der Waals surface area (Å²) in [5.41, 5.74) is 0. The fourth-order valence-electron chi connectivity index (χ4n) is 0.515. The van der Waals surface area contributed by atoms with Gasteiger partial charge in [0.2, 0.25) is 0 Å². The topological polar surface area (TPSA) is 9.23 Å². The Hall–Kier alpha value is -0.682. The Morgan fingerprint density at radius 3 is 2.40 bits per heavy atom. The molecule has 1 aliphatic rings. The third kappa shape index (κ3) is 3.36. The Bertz CT molecular complexity index is 167. The van der Waals surface area contributed by atoms with Gasteiger partial charge in [0, 0.05) is 0 Å². The number of rotatable bonds is 0. The first-order valence-electron chi connectivity index (χ1n) is 3.06. The van der Waals surface area contributed by atoms with Crippen LogP contribution in [0.3, 0.4) is 0 Å². The van der Waals surface area contributed by atoms with Gasteiger partial charge in [-0.3, -0.25) is 0 Å². The van der Waals surface area contributed by atoms with Crippen LogP contribution in [0, 0.1) is 0 Å². The standard InChI is InChI=1S/C8H9AsO/c1-2-4-6-8-10-9-7-5-3-1/h1-9H. The normalized spacial score (nSPS) is 19.2. The molecular formula is C8H9AsO. The summed E-state index contributed by atoms with van der Waals surface area (Å²) >= 11 is -0.330. The molecule has 1 atom stereocenters. The summed E-state index contributed by atoms with van der Waals surface area (Å²) in [6, 6.07) is 0. The van der Waals surface area contributed by atoms with Gasteiger partial charge in [-0.1, -0.05) is 0 Å². The second-order valence-corrected chi connectivity index (χ2v) is 3.38. The van der Waals surface area contributed by atoms with E-state index in [4.69, 9.17) is 3.73 Å². The van der Waals surface area contributed by atoms with Gasteiger partial charge in [0.15, 0.2) is 0 Å². The van der Waals surface area contributed by atoms with Crippen molar-refractivity contribution in [1.82, 2.24) is 0 Å². The van der Waals surface area contributed by atoms with E-state index in [0.29, 0.717) is 0 Å². The van der Waals surface area contributed by atoms with Crippen molar-refractivity contribution >= 4 is 16.1 Å². The molecular weight excluding hydrogens is 187 g/mol. The first-order valence-corrected chi connectivity index (χ1v) is 5.13. The van der Waals surface area contributed by atoms with E-state index >= 15 is 0 Å². The SMILES string of the molecule is C1=CC=CO[AsH]C=CC=C1. The number of hydrogen-bond donors (Lipinski definition) is 0. The van der Waals surface area contributed by atoms with Gasteiger partial charge in [-0.05, 0) is 0 Å². The van der Waals surface area contributed by atoms with Crippen LogP contribution in [-0.4, -0.2) is 16.1 Å². The van der Waals surface area contributed by atoms with Crippen LogP contribution in [0.5, 0.6) is 0 Å². The van der Waals surface area contributed by atoms with E-state index in [2.05, 4.69) is 4.86 Å². The van der Waals surface area contributed by atoms with Gasteiger partial charge in [-0.25, -0.2) is 0 Å². The van der Waals surface area contributed by atoms with Crippen LogP contribution in [0.25, 0.3) is 0 Å². The molecule has 0 aromatic rings. The molecule has 1 rings (SSSR count). The summed E-state index contributed by atoms with van der Waals surface area (Å²) in [6.45, 7) is 0. The Labute approximate surface area is 67.8 Å². The molecule has 0 spiro atoms. The Balaban J connectivity index is 2.53. The molecule has 0 aliphatic carbocycles. The predicted molar refractivity (Wildman–Crippen MR) is 44.8 cm³/mol. The van der Waals surface area contributed by atoms with Gasteiger partial charge < -0.3 is 0 Å². The molecule has 2 heteroatoms. The first-order chi connectivity index (χ1) is 5.00. The predicted octanol–water partition coefficient (Wildman–Crippen LogP) is 1.51. The molecule has 0 bridgehead atoms. The minimum atomic E-state index is -0.330. The third-order valence-corrected chi connectivity index (χ3v) is 2.19. The second kappa shape index (κ2) is 5.13. The summed E-state index contributed by atoms with van der Waals surface area (Å²) in [7, 11) is 0. The van der Waals surface area contributed by atoms with Crippen LogP contribution in [0.1, 0.15) is 0 Å². The van der Waals surface area contributed by atoms with Crippen molar-refractivity contribution in [3.63, 3.8) is 0 Å². The molecule has 1 aliphatic heterocycles. The van der Waals surface area contributed by atoms with Gasteiger partial charge in [-0.2, -0.15) is 0 Å². The molecule has 0 fully saturated rings. The molecule has 0 radical (unpaired) electrons. The molecule has 0 amide bonds. The summed E-state index contributed by atoms with van der Waals surface area (Å²) in [5.74, 6) is 0. The zero-order valence-electron chi connectivity index (χ0n) is 5.53. The molecule has 0 N–H and O–H groups in total. The maximum absolute atomic E-state index is 5.18. The second-order valence-electron chi connectivity index (χ2n) is 1.69. The Kier molecular flexibility index (Phi) is 3.81. The average Bonchev–Trinajstić information content (AvgIpc) is 2.01. The van der Waals surface area contributed by atoms with E-state index in [1.165, 1.54) is 0 Å². The quantitative estimate of drug-likeness (QED) is 0.533. The summed E-state index contributed by atoms with van der Waals surface area (Å²) in [4.78, 5) is 2.08. The van der Waals surface area contributed by atoms with Crippen LogP contribution >= 0.6 is 0 Å². The van der Waals surface area contributed by atoms with Crippen LogP contribution in [-0.2, 0) is 3.73 Å². The third-order valence-electron chi connectivity index (χ3n) is 0.934. The number of allylic oxidation sites excluding steroid dienone is 6. The van der Waals surface area contributed by atoms with Gasteiger partial charge >= 0.3 is 67.4 Å². The van der Waals surface area contributed by atoms with Crippen molar-refractivity contribution in [3.8, 4) is 0 Å². The number of hydrogen-bond acceptors (Lipinski definition) is 1. The molecule has 1 unspecified atom stereocenters. The first kappa shape index (κ1) is 7.43. The summed E-state index contributed by atoms with van der Waals surface area (Å²) < 4.78 is 5.18. The fourth-order valence-corrected chi connectivity index (χ4v) is 1.41. The van der Waals surface area contributed by atoms with Gasteiger partial charge in [0.1, 0.15) is 0 Å². The zero-order chi connectivity index (χ0) is 7.07. The van der Waals surface area contributed by atoms with Crippen molar-refractivity contribution in [2.24, 2.45) is 0 Å². The molecule has 0 aromatic carbocycles. The van der Waals surface area contributed by atoms with E-state index in [9.17, 15) is 0 Å². The van der Waals surface area contributed by atoms with Crippen LogP contribution in [0.2, 0.25) is 0 Å². The van der Waals surface area contributed by atoms with E-state index in [1.54, 1.807) is 6.26 Å². The van der Waals surface area contributed by atoms with Crippen molar-refractivity contribution < 1.29 is 3.73 Å². The van der Waals surface area contributed by atoms with Crippen molar-refractivity contribution in [2.75, 3.05) is 0 Å². The average molecular weight is 196 g/mol. The molecule has 1 nitrogen and oxygen atoms in total. The van der Waals surface area contributed by atoms with Crippen molar-refractivity contribution in [2.45, 2.75) is 0 Å². The molecule has 52 valence electrons. The zero-order valence-corrected chi connectivity index (χ0v) is 7.63. The Morgan fingerprint density at radius 2 is 1.50 bits per heavy atom. The maximum atomic E-state index is 5.18. The molecule has 0 saturated heterocycles. The molecule has 1 heterocycles. The van der Waals surface area contributed by atoms with Crippen molar-refractivity contribution in [1.29, 1.82) is 0 Å². The summed E-state index contributed by atoms with van der Waals surface area (Å²) in [5, 5.41) is 0. The van der Waals surface area contributed by atoms with Crippen LogP contribution in [0.4, 0.5) is 0 Å². The fraction of sp³-hybridized carbons (Fsp3) is 0. The minimum absolute atomic E-state index is 0.330.